The Kier molecular flexibility index (Phi) is 5.51. The van der Waals surface area contributed by atoms with E-state index in [4.69, 9.17) is 0 Å². The Balaban J connectivity index is 1.86. The largest absolute Gasteiger partial charge is 0.325 e. The summed E-state index contributed by atoms with van der Waals surface area (Å²) >= 11 is 1.45. The molecule has 0 saturated heterocycles. The minimum atomic E-state index is -0.364. The van der Waals surface area contributed by atoms with Crippen LogP contribution in [0.3, 0.4) is 0 Å². The van der Waals surface area contributed by atoms with Crippen molar-refractivity contribution in [3.63, 3.8) is 0 Å². The van der Waals surface area contributed by atoms with Gasteiger partial charge in [0.2, 0.25) is 5.91 Å². The molecule has 1 aromatic heterocycles. The van der Waals surface area contributed by atoms with Gasteiger partial charge in [-0.3, -0.25) is 4.79 Å². The second kappa shape index (κ2) is 7.99. The van der Waals surface area contributed by atoms with E-state index in [1.807, 2.05) is 74.5 Å². The molecule has 3 aromatic rings. The van der Waals surface area contributed by atoms with Crippen LogP contribution in [0.15, 0.2) is 78.0 Å². The maximum atomic E-state index is 13.0. The number of rotatable bonds is 5. The summed E-state index contributed by atoms with van der Waals surface area (Å²) in [5.41, 5.74) is 4.04. The molecule has 0 aliphatic heterocycles. The molecule has 3 rings (SSSR count). The molecule has 0 aliphatic rings. The molecule has 1 unspecified atom stereocenters. The van der Waals surface area contributed by atoms with Crippen LogP contribution in [0.4, 0.5) is 5.69 Å². The smallest absolute Gasteiger partial charge is 0.242 e. The van der Waals surface area contributed by atoms with Gasteiger partial charge in [-0.1, -0.05) is 54.2 Å². The molecule has 4 heteroatoms. The number of hydrogen-bond donors (Lipinski definition) is 1. The van der Waals surface area contributed by atoms with Gasteiger partial charge in [-0.15, -0.1) is 0 Å². The van der Waals surface area contributed by atoms with E-state index < -0.39 is 0 Å². The summed E-state index contributed by atoms with van der Waals surface area (Å²) in [6.07, 6.45) is 1.74. The number of nitrogens with zero attached hydrogens (tertiary/aromatic N) is 1. The molecular weight excluding hydrogens is 328 g/mol. The molecular formula is C21H20N2OS. The lowest BCUT2D eigenvalue weighted by molar-refractivity contribution is -0.115. The summed E-state index contributed by atoms with van der Waals surface area (Å²) < 4.78 is 0. The zero-order chi connectivity index (χ0) is 17.6. The third-order valence-electron chi connectivity index (χ3n) is 3.71. The Labute approximate surface area is 152 Å². The SMILES string of the molecule is Cc1cc(C)cc(NC(=O)C(Sc2ccccn2)c2ccccc2)c1. The highest BCUT2D eigenvalue weighted by Crippen LogP contribution is 2.35. The summed E-state index contributed by atoms with van der Waals surface area (Å²) in [7, 11) is 0. The third kappa shape index (κ3) is 4.70. The number of nitrogens with one attached hydrogen (secondary N) is 1. The molecule has 1 amide bonds. The van der Waals surface area contributed by atoms with Crippen molar-refractivity contribution in [1.29, 1.82) is 0 Å². The molecule has 126 valence electrons. The van der Waals surface area contributed by atoms with Crippen LogP contribution >= 0.6 is 11.8 Å². The van der Waals surface area contributed by atoms with Crippen molar-refractivity contribution < 1.29 is 4.79 Å². The van der Waals surface area contributed by atoms with Crippen LogP contribution in [-0.2, 0) is 4.79 Å². The number of carbonyl (C=O) groups excluding carboxylic acids is 1. The quantitative estimate of drug-likeness (QED) is 0.647. The summed E-state index contributed by atoms with van der Waals surface area (Å²) in [4.78, 5) is 17.3. The first-order chi connectivity index (χ1) is 12.1. The number of benzene rings is 2. The van der Waals surface area contributed by atoms with Gasteiger partial charge in [-0.05, 0) is 54.8 Å². The third-order valence-corrected chi connectivity index (χ3v) is 4.91. The molecule has 1 N–H and O–H groups in total. The topological polar surface area (TPSA) is 42.0 Å². The van der Waals surface area contributed by atoms with Gasteiger partial charge < -0.3 is 5.32 Å². The maximum absolute atomic E-state index is 13.0. The van der Waals surface area contributed by atoms with Crippen molar-refractivity contribution in [1.82, 2.24) is 4.98 Å². The molecule has 1 heterocycles. The van der Waals surface area contributed by atoms with E-state index in [-0.39, 0.29) is 11.2 Å². The van der Waals surface area contributed by atoms with Gasteiger partial charge >= 0.3 is 0 Å². The first-order valence-electron chi connectivity index (χ1n) is 8.13. The Hall–Kier alpha value is -2.59. The van der Waals surface area contributed by atoms with Crippen molar-refractivity contribution in [3.8, 4) is 0 Å². The fourth-order valence-electron chi connectivity index (χ4n) is 2.69. The molecule has 0 fully saturated rings. The normalized spacial score (nSPS) is 11.8. The lowest BCUT2D eigenvalue weighted by Gasteiger charge is -2.17. The van der Waals surface area contributed by atoms with Gasteiger partial charge in [0.05, 0.1) is 5.03 Å². The first-order valence-corrected chi connectivity index (χ1v) is 9.01. The number of hydrogen-bond acceptors (Lipinski definition) is 3. The first kappa shape index (κ1) is 17.2. The molecule has 2 aromatic carbocycles. The van der Waals surface area contributed by atoms with Crippen LogP contribution in [0, 0.1) is 13.8 Å². The second-order valence-electron chi connectivity index (χ2n) is 5.94. The number of thioether (sulfide) groups is 1. The van der Waals surface area contributed by atoms with E-state index in [9.17, 15) is 4.79 Å². The predicted octanol–water partition coefficient (Wildman–Crippen LogP) is 5.17. The number of carbonyl (C=O) groups is 1. The van der Waals surface area contributed by atoms with Gasteiger partial charge in [0.25, 0.3) is 0 Å². The standard InChI is InChI=1S/C21H20N2OS/c1-15-12-16(2)14-18(13-15)23-21(24)20(17-8-4-3-5-9-17)25-19-10-6-7-11-22-19/h3-14,20H,1-2H3,(H,23,24). The maximum Gasteiger partial charge on any atom is 0.242 e. The van der Waals surface area contributed by atoms with E-state index >= 15 is 0 Å². The van der Waals surface area contributed by atoms with Crippen molar-refractivity contribution in [2.75, 3.05) is 5.32 Å². The number of aromatic nitrogens is 1. The minimum Gasteiger partial charge on any atom is -0.325 e. The lowest BCUT2D eigenvalue weighted by atomic mass is 10.1. The van der Waals surface area contributed by atoms with Crippen LogP contribution in [-0.4, -0.2) is 10.9 Å². The highest BCUT2D eigenvalue weighted by molar-refractivity contribution is 8.00. The highest BCUT2D eigenvalue weighted by atomic mass is 32.2. The van der Waals surface area contributed by atoms with Gasteiger partial charge in [0.1, 0.15) is 5.25 Å². The molecule has 25 heavy (non-hydrogen) atoms. The number of anilines is 1. The fourth-order valence-corrected chi connectivity index (χ4v) is 3.67. The van der Waals surface area contributed by atoms with Crippen LogP contribution < -0.4 is 5.32 Å². The van der Waals surface area contributed by atoms with Crippen molar-refractivity contribution in [2.45, 2.75) is 24.1 Å². The number of aryl methyl sites for hydroxylation is 2. The highest BCUT2D eigenvalue weighted by Gasteiger charge is 2.22. The monoisotopic (exact) mass is 348 g/mol. The van der Waals surface area contributed by atoms with Crippen molar-refractivity contribution in [3.05, 3.63) is 89.6 Å². The molecule has 1 atom stereocenters. The molecule has 3 nitrogen and oxygen atoms in total. The lowest BCUT2D eigenvalue weighted by Crippen LogP contribution is -2.19. The fraction of sp³-hybridized carbons (Fsp3) is 0.143. The average molecular weight is 348 g/mol. The number of pyridine rings is 1. The van der Waals surface area contributed by atoms with E-state index in [1.165, 1.54) is 11.8 Å². The Bertz CT molecular complexity index is 830. The molecule has 0 aliphatic carbocycles. The van der Waals surface area contributed by atoms with Gasteiger partial charge in [-0.25, -0.2) is 4.98 Å². The van der Waals surface area contributed by atoms with Gasteiger partial charge in [0, 0.05) is 11.9 Å². The van der Waals surface area contributed by atoms with Crippen LogP contribution in [0.5, 0.6) is 0 Å². The zero-order valence-electron chi connectivity index (χ0n) is 14.3. The Morgan fingerprint density at radius 1 is 0.960 bits per heavy atom. The Morgan fingerprint density at radius 2 is 1.64 bits per heavy atom. The summed E-state index contributed by atoms with van der Waals surface area (Å²) in [5.74, 6) is -0.0492. The molecule has 0 bridgehead atoms. The molecule has 0 spiro atoms. The van der Waals surface area contributed by atoms with Crippen LogP contribution in [0.2, 0.25) is 0 Å². The van der Waals surface area contributed by atoms with Crippen LogP contribution in [0.1, 0.15) is 21.9 Å². The zero-order valence-corrected chi connectivity index (χ0v) is 15.1. The second-order valence-corrected chi connectivity index (χ2v) is 7.07. The van der Waals surface area contributed by atoms with Crippen molar-refractivity contribution in [2.24, 2.45) is 0 Å². The molecule has 0 radical (unpaired) electrons. The van der Waals surface area contributed by atoms with E-state index in [0.29, 0.717) is 0 Å². The van der Waals surface area contributed by atoms with E-state index in [0.717, 1.165) is 27.4 Å². The number of amides is 1. The molecule has 0 saturated carbocycles. The minimum absolute atomic E-state index is 0.0492. The van der Waals surface area contributed by atoms with Crippen LogP contribution in [0.25, 0.3) is 0 Å². The summed E-state index contributed by atoms with van der Waals surface area (Å²) in [6.45, 7) is 4.06. The Morgan fingerprint density at radius 3 is 2.28 bits per heavy atom. The van der Waals surface area contributed by atoms with E-state index in [2.05, 4.69) is 16.4 Å². The summed E-state index contributed by atoms with van der Waals surface area (Å²) in [5, 5.41) is 3.52. The average Bonchev–Trinajstić information content (AvgIpc) is 2.60. The van der Waals surface area contributed by atoms with E-state index in [1.54, 1.807) is 6.20 Å². The van der Waals surface area contributed by atoms with Gasteiger partial charge in [0.15, 0.2) is 0 Å². The predicted molar refractivity (Wildman–Crippen MR) is 104 cm³/mol. The van der Waals surface area contributed by atoms with Gasteiger partial charge in [-0.2, -0.15) is 0 Å². The van der Waals surface area contributed by atoms with Crippen molar-refractivity contribution >= 4 is 23.4 Å². The summed E-state index contributed by atoms with van der Waals surface area (Å²) in [6, 6.07) is 21.6.